The summed E-state index contributed by atoms with van der Waals surface area (Å²) in [4.78, 5) is 29.0. The van der Waals surface area contributed by atoms with Gasteiger partial charge in [-0.1, -0.05) is 30.3 Å². The molecule has 5 rings (SSSR count). The first-order valence-corrected chi connectivity index (χ1v) is 11.8. The maximum atomic E-state index is 13.4. The van der Waals surface area contributed by atoms with Crippen LogP contribution >= 0.6 is 0 Å². The van der Waals surface area contributed by atoms with Crippen LogP contribution in [0.4, 0.5) is 11.4 Å². The summed E-state index contributed by atoms with van der Waals surface area (Å²) in [5.74, 6) is -0.251. The van der Waals surface area contributed by atoms with E-state index in [9.17, 15) is 14.9 Å². The predicted octanol–water partition coefficient (Wildman–Crippen LogP) is 2.75. The number of anilines is 1. The highest BCUT2D eigenvalue weighted by Crippen LogP contribution is 2.38. The van der Waals surface area contributed by atoms with Gasteiger partial charge in [0.25, 0.3) is 5.69 Å². The Balaban J connectivity index is 1.37. The largest absolute Gasteiger partial charge is 0.376 e. The van der Waals surface area contributed by atoms with Gasteiger partial charge in [0.2, 0.25) is 5.91 Å². The molecule has 0 bridgehead atoms. The average Bonchev–Trinajstić information content (AvgIpc) is 3.36. The van der Waals surface area contributed by atoms with Gasteiger partial charge in [0.1, 0.15) is 0 Å². The second-order valence-electron chi connectivity index (χ2n) is 9.24. The minimum atomic E-state index is -0.364. The van der Waals surface area contributed by atoms with E-state index >= 15 is 0 Å². The molecule has 3 aliphatic rings. The molecule has 3 atom stereocenters. The van der Waals surface area contributed by atoms with E-state index < -0.39 is 0 Å². The summed E-state index contributed by atoms with van der Waals surface area (Å²) in [6, 6.07) is 15.5. The van der Waals surface area contributed by atoms with Crippen molar-refractivity contribution >= 4 is 17.3 Å². The van der Waals surface area contributed by atoms with E-state index in [0.29, 0.717) is 13.0 Å². The van der Waals surface area contributed by atoms with E-state index in [4.69, 9.17) is 4.74 Å². The third-order valence-corrected chi connectivity index (χ3v) is 7.10. The van der Waals surface area contributed by atoms with Crippen LogP contribution in [-0.2, 0) is 22.5 Å². The van der Waals surface area contributed by atoms with E-state index in [0.717, 1.165) is 56.9 Å². The van der Waals surface area contributed by atoms with Crippen LogP contribution in [0.2, 0.25) is 0 Å². The summed E-state index contributed by atoms with van der Waals surface area (Å²) in [7, 11) is 0. The number of benzene rings is 2. The molecule has 0 spiro atoms. The lowest BCUT2D eigenvalue weighted by atomic mass is 9.83. The van der Waals surface area contributed by atoms with Gasteiger partial charge in [0.05, 0.1) is 23.0 Å². The normalized spacial score (nSPS) is 24.7. The predicted molar refractivity (Wildman–Crippen MR) is 125 cm³/mol. The zero-order valence-corrected chi connectivity index (χ0v) is 18.7. The fraction of sp³-hybridized carbons (Fsp3) is 0.480. The number of non-ortho nitro benzene ring substituents is 1. The number of ether oxygens (including phenoxy) is 1. The van der Waals surface area contributed by atoms with E-state index in [1.165, 1.54) is 5.56 Å². The monoisotopic (exact) mass is 450 g/mol. The third kappa shape index (κ3) is 4.72. The maximum Gasteiger partial charge on any atom is 0.269 e. The highest BCUT2D eigenvalue weighted by molar-refractivity contribution is 5.82. The van der Waals surface area contributed by atoms with Crippen LogP contribution < -0.4 is 10.2 Å². The summed E-state index contributed by atoms with van der Waals surface area (Å²) >= 11 is 0. The number of hydrogen-bond donors (Lipinski definition) is 1. The summed E-state index contributed by atoms with van der Waals surface area (Å²) < 4.78 is 5.67. The van der Waals surface area contributed by atoms with E-state index in [-0.39, 0.29) is 34.6 Å². The van der Waals surface area contributed by atoms with Crippen molar-refractivity contribution in [1.29, 1.82) is 0 Å². The molecule has 1 N–H and O–H groups in total. The molecule has 174 valence electrons. The van der Waals surface area contributed by atoms with Crippen LogP contribution in [0.5, 0.6) is 0 Å². The Kier molecular flexibility index (Phi) is 6.28. The van der Waals surface area contributed by atoms with Crippen molar-refractivity contribution in [3.8, 4) is 0 Å². The van der Waals surface area contributed by atoms with Crippen LogP contribution in [0.3, 0.4) is 0 Å². The van der Waals surface area contributed by atoms with E-state index in [2.05, 4.69) is 39.4 Å². The molecule has 3 unspecified atom stereocenters. The van der Waals surface area contributed by atoms with Gasteiger partial charge in [-0.25, -0.2) is 0 Å². The Morgan fingerprint density at radius 1 is 1.18 bits per heavy atom. The number of nitrogens with zero attached hydrogens (tertiary/aromatic N) is 3. The first-order chi connectivity index (χ1) is 16.1. The van der Waals surface area contributed by atoms with Crippen molar-refractivity contribution in [3.63, 3.8) is 0 Å². The minimum absolute atomic E-state index is 0.0132. The van der Waals surface area contributed by atoms with Crippen LogP contribution in [0, 0.1) is 16.0 Å². The summed E-state index contributed by atoms with van der Waals surface area (Å²) in [6.45, 7) is 4.58. The van der Waals surface area contributed by atoms with Gasteiger partial charge in [0, 0.05) is 57.2 Å². The van der Waals surface area contributed by atoms with Crippen LogP contribution in [0.25, 0.3) is 0 Å². The van der Waals surface area contributed by atoms with Gasteiger partial charge < -0.3 is 15.0 Å². The van der Waals surface area contributed by atoms with Crippen molar-refractivity contribution in [2.24, 2.45) is 5.92 Å². The van der Waals surface area contributed by atoms with Crippen molar-refractivity contribution < 1.29 is 14.5 Å². The number of nitrogens with one attached hydrogen (secondary N) is 1. The molecular weight excluding hydrogens is 420 g/mol. The summed E-state index contributed by atoms with van der Waals surface area (Å²) in [6.07, 6.45) is 2.60. The highest BCUT2D eigenvalue weighted by atomic mass is 16.6. The zero-order valence-electron chi connectivity index (χ0n) is 18.7. The second-order valence-corrected chi connectivity index (χ2v) is 9.24. The molecule has 0 saturated carbocycles. The number of amides is 1. The minimum Gasteiger partial charge on any atom is -0.376 e. The van der Waals surface area contributed by atoms with Crippen molar-refractivity contribution in [1.82, 2.24) is 10.2 Å². The Bertz CT molecular complexity index is 1010. The molecule has 8 nitrogen and oxygen atoms in total. The smallest absolute Gasteiger partial charge is 0.269 e. The summed E-state index contributed by atoms with van der Waals surface area (Å²) in [5, 5.41) is 14.5. The van der Waals surface area contributed by atoms with Gasteiger partial charge in [-0.05, 0) is 36.5 Å². The van der Waals surface area contributed by atoms with Gasteiger partial charge in [-0.2, -0.15) is 0 Å². The highest BCUT2D eigenvalue weighted by Gasteiger charge is 2.42. The van der Waals surface area contributed by atoms with Crippen LogP contribution in [0.1, 0.15) is 24.0 Å². The number of carbonyl (C=O) groups is 1. The van der Waals surface area contributed by atoms with Crippen molar-refractivity contribution in [2.45, 2.75) is 38.0 Å². The molecule has 2 saturated heterocycles. The first-order valence-electron chi connectivity index (χ1n) is 11.8. The average molecular weight is 451 g/mol. The Hall–Kier alpha value is -2.97. The Morgan fingerprint density at radius 3 is 2.79 bits per heavy atom. The van der Waals surface area contributed by atoms with Crippen LogP contribution in [-0.4, -0.2) is 60.7 Å². The lowest BCUT2D eigenvalue weighted by Gasteiger charge is -2.49. The molecule has 2 fully saturated rings. The number of carbonyl (C=O) groups excluding carboxylic acids is 1. The summed E-state index contributed by atoms with van der Waals surface area (Å²) in [5.41, 5.74) is 3.24. The second kappa shape index (κ2) is 9.49. The lowest BCUT2D eigenvalue weighted by molar-refractivity contribution is -0.384. The number of nitro benzene ring substituents is 1. The molecule has 3 aliphatic heterocycles. The maximum absolute atomic E-state index is 13.4. The standard InChI is InChI=1S/C25H30N4O4/c30-25(26-15-21-7-4-12-33-21)22-14-19-13-20(29(31)32)8-9-23(19)28-11-10-27(17-24(22)28)16-18-5-2-1-3-6-18/h1-3,5-6,8-9,13,21-22,24H,4,7,10-12,14-17H2,(H,26,30). The number of hydrogen-bond acceptors (Lipinski definition) is 6. The van der Waals surface area contributed by atoms with Gasteiger partial charge in [-0.3, -0.25) is 19.8 Å². The molecule has 33 heavy (non-hydrogen) atoms. The topological polar surface area (TPSA) is 87.9 Å². The third-order valence-electron chi connectivity index (χ3n) is 7.10. The number of nitro groups is 1. The Morgan fingerprint density at radius 2 is 2.03 bits per heavy atom. The molecule has 1 amide bonds. The zero-order chi connectivity index (χ0) is 22.8. The SMILES string of the molecule is O=C(NCC1CCCO1)C1Cc2cc([N+](=O)[O-])ccc2N2CCN(Cc3ccccc3)CC12. The molecule has 0 radical (unpaired) electrons. The van der Waals surface area contributed by atoms with Gasteiger partial charge in [-0.15, -0.1) is 0 Å². The fourth-order valence-corrected chi connectivity index (χ4v) is 5.42. The van der Waals surface area contributed by atoms with Crippen molar-refractivity contribution in [2.75, 3.05) is 37.7 Å². The number of rotatable bonds is 6. The number of fused-ring (bicyclic) bond motifs is 3. The lowest BCUT2D eigenvalue weighted by Crippen LogP contribution is -2.61. The molecule has 8 heteroatoms. The molecule has 2 aromatic rings. The first kappa shape index (κ1) is 21.9. The van der Waals surface area contributed by atoms with E-state index in [1.54, 1.807) is 12.1 Å². The van der Waals surface area contributed by atoms with E-state index in [1.807, 2.05) is 12.1 Å². The quantitative estimate of drug-likeness (QED) is 0.538. The van der Waals surface area contributed by atoms with Gasteiger partial charge in [0.15, 0.2) is 0 Å². The molecular formula is C25H30N4O4. The number of piperazine rings is 1. The fourth-order valence-electron chi connectivity index (χ4n) is 5.42. The van der Waals surface area contributed by atoms with Gasteiger partial charge >= 0.3 is 0 Å². The molecule has 3 heterocycles. The Labute approximate surface area is 193 Å². The molecule has 0 aliphatic carbocycles. The van der Waals surface area contributed by atoms with Crippen LogP contribution in [0.15, 0.2) is 48.5 Å². The van der Waals surface area contributed by atoms with Crippen molar-refractivity contribution in [3.05, 3.63) is 69.8 Å². The molecule has 2 aromatic carbocycles. The molecule has 0 aromatic heterocycles.